The number of hydrogen-bond donors (Lipinski definition) is 0. The topological polar surface area (TPSA) is 71.1 Å². The fourth-order valence-corrected chi connectivity index (χ4v) is 3.25. The van der Waals surface area contributed by atoms with Crippen LogP contribution in [0.1, 0.15) is 30.1 Å². The van der Waals surface area contributed by atoms with Gasteiger partial charge in [-0.25, -0.2) is 4.79 Å². The predicted molar refractivity (Wildman–Crippen MR) is 121 cm³/mol. The molecule has 0 N–H and O–H groups in total. The molecule has 0 amide bonds. The summed E-state index contributed by atoms with van der Waals surface area (Å²) in [5.41, 5.74) is 3.88. The summed E-state index contributed by atoms with van der Waals surface area (Å²) >= 11 is 0. The Labute approximate surface area is 180 Å². The number of aromatic nitrogens is 3. The van der Waals surface area contributed by atoms with Gasteiger partial charge in [0.2, 0.25) is 11.0 Å². The number of carbonyl (C=O) groups is 1. The minimum atomic E-state index is -0.381. The highest BCUT2D eigenvalue weighted by molar-refractivity contribution is 5.97. The third-order valence-corrected chi connectivity index (χ3v) is 4.98. The molecule has 156 valence electrons. The molecule has 31 heavy (non-hydrogen) atoms. The van der Waals surface area contributed by atoms with Crippen LogP contribution < -0.4 is 9.58 Å². The van der Waals surface area contributed by atoms with Crippen LogP contribution in [0.3, 0.4) is 0 Å². The summed E-state index contributed by atoms with van der Waals surface area (Å²) < 4.78 is 6.81. The molecule has 4 rings (SSSR count). The van der Waals surface area contributed by atoms with Gasteiger partial charge in [0, 0.05) is 6.08 Å². The molecule has 3 aromatic carbocycles. The highest BCUT2D eigenvalue weighted by Gasteiger charge is 2.18. The maximum atomic E-state index is 12.5. The Hall–Kier alpha value is -3.93. The van der Waals surface area contributed by atoms with Gasteiger partial charge in [-0.05, 0) is 53.5 Å². The lowest BCUT2D eigenvalue weighted by atomic mass is 10.0. The van der Waals surface area contributed by atoms with Gasteiger partial charge in [0.1, 0.15) is 11.0 Å². The zero-order chi connectivity index (χ0) is 21.6. The van der Waals surface area contributed by atoms with Crippen LogP contribution in [-0.2, 0) is 0 Å². The molecule has 0 unspecified atom stereocenters. The molecule has 0 saturated carbocycles. The van der Waals surface area contributed by atoms with Crippen molar-refractivity contribution < 1.29 is 14.4 Å². The summed E-state index contributed by atoms with van der Waals surface area (Å²) in [4.78, 5) is 13.0. The SMILES string of the molecule is CCCCOc1ccc(-c2ccc(C=CC(=O)n3n[n+]([O-])c4ccccc43)cc2)cc1. The summed E-state index contributed by atoms with van der Waals surface area (Å²) in [5.74, 6) is 0.495. The van der Waals surface area contributed by atoms with Crippen LogP contribution in [0.2, 0.25) is 0 Å². The van der Waals surface area contributed by atoms with Crippen molar-refractivity contribution in [1.82, 2.24) is 9.90 Å². The quantitative estimate of drug-likeness (QED) is 0.188. The van der Waals surface area contributed by atoms with Crippen molar-refractivity contribution in [3.05, 3.63) is 89.6 Å². The fraction of sp³-hybridized carbons (Fsp3) is 0.160. The maximum absolute atomic E-state index is 12.5. The predicted octanol–water partition coefficient (Wildman–Crippen LogP) is 4.87. The number of unbranched alkanes of at least 4 members (excludes halogenated alkanes) is 1. The third-order valence-electron chi connectivity index (χ3n) is 4.98. The first-order valence-electron chi connectivity index (χ1n) is 10.3. The average Bonchev–Trinajstić information content (AvgIpc) is 3.15. The molecule has 1 aromatic heterocycles. The Kier molecular flexibility index (Phi) is 6.08. The van der Waals surface area contributed by atoms with E-state index in [1.54, 1.807) is 30.3 Å². The lowest BCUT2D eigenvalue weighted by molar-refractivity contribution is -0.645. The van der Waals surface area contributed by atoms with Crippen molar-refractivity contribution in [3.63, 3.8) is 0 Å². The minimum Gasteiger partial charge on any atom is -0.691 e. The molecule has 0 atom stereocenters. The molecule has 6 heteroatoms. The number of para-hydroxylation sites is 2. The van der Waals surface area contributed by atoms with E-state index in [0.29, 0.717) is 15.9 Å². The molecule has 6 nitrogen and oxygen atoms in total. The van der Waals surface area contributed by atoms with Gasteiger partial charge in [-0.1, -0.05) is 66.6 Å². The Balaban J connectivity index is 1.44. The molecule has 0 aliphatic rings. The Morgan fingerprint density at radius 1 is 1.03 bits per heavy atom. The van der Waals surface area contributed by atoms with Gasteiger partial charge in [0.15, 0.2) is 0 Å². The van der Waals surface area contributed by atoms with Gasteiger partial charge in [0.25, 0.3) is 0 Å². The lowest BCUT2D eigenvalue weighted by Gasteiger charge is -2.07. The molecule has 0 aliphatic heterocycles. The summed E-state index contributed by atoms with van der Waals surface area (Å²) in [7, 11) is 0. The van der Waals surface area contributed by atoms with Crippen LogP contribution in [0.15, 0.2) is 78.9 Å². The number of fused-ring (bicyclic) bond motifs is 1. The van der Waals surface area contributed by atoms with E-state index in [9.17, 15) is 10.0 Å². The number of ether oxygens (including phenoxy) is 1. The van der Waals surface area contributed by atoms with Crippen molar-refractivity contribution in [2.45, 2.75) is 19.8 Å². The number of hydrogen-bond acceptors (Lipinski definition) is 4. The maximum Gasteiger partial charge on any atom is 0.359 e. The Morgan fingerprint density at radius 2 is 1.71 bits per heavy atom. The van der Waals surface area contributed by atoms with Crippen molar-refractivity contribution in [2.24, 2.45) is 0 Å². The molecular formula is C25H23N3O3. The monoisotopic (exact) mass is 413 g/mol. The fourth-order valence-electron chi connectivity index (χ4n) is 3.25. The van der Waals surface area contributed by atoms with Crippen LogP contribution in [-0.4, -0.2) is 22.4 Å². The molecule has 0 radical (unpaired) electrons. The first-order chi connectivity index (χ1) is 15.2. The zero-order valence-corrected chi connectivity index (χ0v) is 17.3. The number of nitrogens with zero attached hydrogens (tertiary/aromatic N) is 3. The highest BCUT2D eigenvalue weighted by atomic mass is 16.5. The first-order valence-corrected chi connectivity index (χ1v) is 10.3. The van der Waals surface area contributed by atoms with Crippen molar-refractivity contribution >= 4 is 23.0 Å². The minimum absolute atomic E-state index is 0.357. The number of allylic oxidation sites excluding steroid dienone is 1. The summed E-state index contributed by atoms with van der Waals surface area (Å²) in [6.07, 6.45) is 5.29. The highest BCUT2D eigenvalue weighted by Crippen LogP contribution is 2.23. The molecular weight excluding hydrogens is 390 g/mol. The van der Waals surface area contributed by atoms with Gasteiger partial charge in [-0.3, -0.25) is 0 Å². The molecule has 0 bridgehead atoms. The van der Waals surface area contributed by atoms with E-state index in [0.717, 1.165) is 46.6 Å². The van der Waals surface area contributed by atoms with E-state index in [-0.39, 0.29) is 5.91 Å². The van der Waals surface area contributed by atoms with Crippen molar-refractivity contribution in [1.29, 1.82) is 0 Å². The zero-order valence-electron chi connectivity index (χ0n) is 17.3. The van der Waals surface area contributed by atoms with E-state index in [4.69, 9.17) is 4.74 Å². The van der Waals surface area contributed by atoms with Gasteiger partial charge in [-0.2, -0.15) is 0 Å². The standard InChI is InChI=1S/C25H23N3O3/c1-2-3-18-31-22-15-13-21(14-16-22)20-11-8-19(9-12-20)10-17-25(29)27-23-6-4-5-7-24(23)28(30)26-27/h4-17H,2-3,18H2,1H3. The molecule has 4 aromatic rings. The molecule has 0 saturated heterocycles. The Bertz CT molecular complexity index is 1210. The van der Waals surface area contributed by atoms with Gasteiger partial charge in [0.05, 0.1) is 6.61 Å². The third kappa shape index (κ3) is 4.64. The molecule has 0 spiro atoms. The van der Waals surface area contributed by atoms with Crippen LogP contribution in [0.5, 0.6) is 5.75 Å². The summed E-state index contributed by atoms with van der Waals surface area (Å²) in [6, 6.07) is 22.8. The van der Waals surface area contributed by atoms with Gasteiger partial charge >= 0.3 is 5.91 Å². The second-order valence-electron chi connectivity index (χ2n) is 7.18. The lowest BCUT2D eigenvalue weighted by Crippen LogP contribution is -2.30. The first kappa shape index (κ1) is 20.3. The van der Waals surface area contributed by atoms with E-state index >= 15 is 0 Å². The molecule has 0 fully saturated rings. The normalized spacial score (nSPS) is 11.3. The van der Waals surface area contributed by atoms with Crippen molar-refractivity contribution in [2.75, 3.05) is 6.61 Å². The van der Waals surface area contributed by atoms with Crippen LogP contribution in [0.4, 0.5) is 0 Å². The smallest absolute Gasteiger partial charge is 0.359 e. The van der Waals surface area contributed by atoms with Crippen LogP contribution in [0, 0.1) is 5.21 Å². The van der Waals surface area contributed by atoms with Gasteiger partial charge in [-0.15, -0.1) is 4.85 Å². The van der Waals surface area contributed by atoms with E-state index in [1.807, 2.05) is 48.5 Å². The molecule has 0 aliphatic carbocycles. The van der Waals surface area contributed by atoms with E-state index < -0.39 is 0 Å². The van der Waals surface area contributed by atoms with Crippen molar-refractivity contribution in [3.8, 4) is 16.9 Å². The summed E-state index contributed by atoms with van der Waals surface area (Å²) in [5, 5.41) is 15.6. The van der Waals surface area contributed by atoms with Crippen LogP contribution >= 0.6 is 0 Å². The largest absolute Gasteiger partial charge is 0.691 e. The number of rotatable bonds is 7. The van der Waals surface area contributed by atoms with Gasteiger partial charge < -0.3 is 9.94 Å². The van der Waals surface area contributed by atoms with Crippen LogP contribution in [0.25, 0.3) is 28.2 Å². The Morgan fingerprint density at radius 3 is 2.42 bits per heavy atom. The second-order valence-corrected chi connectivity index (χ2v) is 7.18. The summed E-state index contributed by atoms with van der Waals surface area (Å²) in [6.45, 7) is 2.88. The number of benzene rings is 3. The van der Waals surface area contributed by atoms with E-state index in [2.05, 4.69) is 12.1 Å². The second kappa shape index (κ2) is 9.26. The average molecular weight is 413 g/mol. The molecule has 1 heterocycles. The number of carbonyl (C=O) groups excluding carboxylic acids is 1. The van der Waals surface area contributed by atoms with E-state index in [1.165, 1.54) is 6.08 Å².